The van der Waals surface area contributed by atoms with E-state index in [1.54, 1.807) is 16.2 Å². The number of aromatic amines is 1. The van der Waals surface area contributed by atoms with Crippen molar-refractivity contribution in [2.45, 2.75) is 6.42 Å². The van der Waals surface area contributed by atoms with Crippen molar-refractivity contribution in [3.63, 3.8) is 0 Å². The minimum absolute atomic E-state index is 0.0698. The van der Waals surface area contributed by atoms with Crippen LogP contribution in [0.1, 0.15) is 6.42 Å². The fourth-order valence-corrected chi connectivity index (χ4v) is 2.91. The summed E-state index contributed by atoms with van der Waals surface area (Å²) in [4.78, 5) is 12.6. The van der Waals surface area contributed by atoms with Crippen molar-refractivity contribution in [3.05, 3.63) is 51.4 Å². The van der Waals surface area contributed by atoms with E-state index in [-0.39, 0.29) is 5.69 Å². The van der Waals surface area contributed by atoms with Crippen molar-refractivity contribution in [1.82, 2.24) is 19.3 Å². The number of rotatable bonds is 1. The largest absolute Gasteiger partial charge is 0.382 e. The van der Waals surface area contributed by atoms with Crippen molar-refractivity contribution < 1.29 is 0 Å². The number of nitrogens with one attached hydrogen (secondary N) is 1. The molecule has 6 nitrogen and oxygen atoms in total. The van der Waals surface area contributed by atoms with Crippen LogP contribution in [0, 0.1) is 0 Å². The number of nitrogen functional groups attached to an aromatic ring is 1. The average Bonchev–Trinajstić information content (AvgIpc) is 2.90. The minimum Gasteiger partial charge on any atom is -0.382 e. The van der Waals surface area contributed by atoms with E-state index in [9.17, 15) is 4.79 Å². The summed E-state index contributed by atoms with van der Waals surface area (Å²) in [7, 11) is 1.78. The second kappa shape index (κ2) is 4.49. The third kappa shape index (κ3) is 1.67. The predicted molar refractivity (Wildman–Crippen MR) is 87.2 cm³/mol. The molecule has 22 heavy (non-hydrogen) atoms. The lowest BCUT2D eigenvalue weighted by molar-refractivity contribution is 0.856. The van der Waals surface area contributed by atoms with Crippen LogP contribution < -0.4 is 22.0 Å². The second-order valence-corrected chi connectivity index (χ2v) is 5.32. The quantitative estimate of drug-likeness (QED) is 0.670. The van der Waals surface area contributed by atoms with Gasteiger partial charge < -0.3 is 5.73 Å². The number of hydrogen-bond donors (Lipinski definition) is 2. The lowest BCUT2D eigenvalue weighted by Gasteiger charge is -2.03. The van der Waals surface area contributed by atoms with Gasteiger partial charge in [0.1, 0.15) is 0 Å². The summed E-state index contributed by atoms with van der Waals surface area (Å²) < 4.78 is 3.37. The van der Waals surface area contributed by atoms with Gasteiger partial charge in [0.05, 0.1) is 16.4 Å². The number of benzene rings is 1. The lowest BCUT2D eigenvalue weighted by atomic mass is 10.3. The van der Waals surface area contributed by atoms with E-state index < -0.39 is 0 Å². The SMILES string of the molecule is Cn1c(=O)n(C2=CCC=c3c(N)n[nH]c3=C2)c2ccccc21. The third-order valence-corrected chi connectivity index (χ3v) is 4.02. The Kier molecular flexibility index (Phi) is 2.59. The van der Waals surface area contributed by atoms with Crippen LogP contribution in [0.4, 0.5) is 5.82 Å². The van der Waals surface area contributed by atoms with E-state index in [0.717, 1.165) is 27.3 Å². The second-order valence-electron chi connectivity index (χ2n) is 5.32. The molecule has 1 aromatic carbocycles. The van der Waals surface area contributed by atoms with Crippen molar-refractivity contribution in [2.75, 3.05) is 5.73 Å². The first-order valence-electron chi connectivity index (χ1n) is 7.05. The van der Waals surface area contributed by atoms with Gasteiger partial charge in [-0.25, -0.2) is 4.79 Å². The first-order chi connectivity index (χ1) is 10.7. The van der Waals surface area contributed by atoms with E-state index in [4.69, 9.17) is 5.73 Å². The molecule has 0 atom stereocenters. The molecule has 0 radical (unpaired) electrons. The molecule has 110 valence electrons. The molecule has 0 spiro atoms. The van der Waals surface area contributed by atoms with Gasteiger partial charge >= 0.3 is 5.69 Å². The standard InChI is InChI=1S/C16H15N5O/c1-20-13-7-2-3-8-14(13)21(16(20)22)10-5-4-6-11-12(9-10)18-19-15(11)17/h2-3,5-9,18H,4H2,1H3,(H2,17,19). The molecule has 3 aromatic rings. The smallest absolute Gasteiger partial charge is 0.333 e. The number of allylic oxidation sites excluding steroid dienone is 2. The maximum atomic E-state index is 12.6. The number of aromatic nitrogens is 4. The summed E-state index contributed by atoms with van der Waals surface area (Å²) >= 11 is 0. The van der Waals surface area contributed by atoms with Crippen LogP contribution in [0.15, 0.2) is 35.1 Å². The Morgan fingerprint density at radius 1 is 1.23 bits per heavy atom. The van der Waals surface area contributed by atoms with Gasteiger partial charge in [-0.2, -0.15) is 5.10 Å². The van der Waals surface area contributed by atoms with Crippen LogP contribution in [0.5, 0.6) is 0 Å². The van der Waals surface area contributed by atoms with E-state index >= 15 is 0 Å². The molecule has 1 aliphatic carbocycles. The third-order valence-electron chi connectivity index (χ3n) is 4.02. The van der Waals surface area contributed by atoms with E-state index in [1.165, 1.54) is 0 Å². The average molecular weight is 293 g/mol. The molecular weight excluding hydrogens is 278 g/mol. The Hall–Kier alpha value is -3.02. The number of nitrogens with zero attached hydrogens (tertiary/aromatic N) is 3. The summed E-state index contributed by atoms with van der Waals surface area (Å²) in [6.45, 7) is 0. The Morgan fingerprint density at radius 2 is 2.00 bits per heavy atom. The van der Waals surface area contributed by atoms with Gasteiger partial charge in [0.25, 0.3) is 0 Å². The lowest BCUT2D eigenvalue weighted by Crippen LogP contribution is -2.26. The molecule has 0 fully saturated rings. The fraction of sp³-hybridized carbons (Fsp3) is 0.125. The van der Waals surface area contributed by atoms with Crippen molar-refractivity contribution in [1.29, 1.82) is 0 Å². The highest BCUT2D eigenvalue weighted by atomic mass is 16.1. The van der Waals surface area contributed by atoms with Gasteiger partial charge in [0.2, 0.25) is 0 Å². The molecule has 0 bridgehead atoms. The first kappa shape index (κ1) is 12.7. The number of H-pyrrole nitrogens is 1. The Balaban J connectivity index is 2.04. The number of imidazole rings is 1. The van der Waals surface area contributed by atoms with Crippen LogP contribution in [0.25, 0.3) is 28.9 Å². The number of para-hydroxylation sites is 2. The molecule has 2 aromatic heterocycles. The highest BCUT2D eigenvalue weighted by Gasteiger charge is 2.13. The fourth-order valence-electron chi connectivity index (χ4n) is 2.91. The Morgan fingerprint density at radius 3 is 2.82 bits per heavy atom. The molecule has 2 heterocycles. The number of aryl methyl sites for hydroxylation is 1. The summed E-state index contributed by atoms with van der Waals surface area (Å²) in [6.07, 6.45) is 6.63. The van der Waals surface area contributed by atoms with Crippen molar-refractivity contribution in [3.8, 4) is 0 Å². The first-order valence-corrected chi connectivity index (χ1v) is 7.05. The number of fused-ring (bicyclic) bond motifs is 2. The van der Waals surface area contributed by atoms with E-state index in [1.807, 2.05) is 42.5 Å². The maximum absolute atomic E-state index is 12.6. The monoisotopic (exact) mass is 293 g/mol. The van der Waals surface area contributed by atoms with Gasteiger partial charge in [0, 0.05) is 18.0 Å². The molecular formula is C16H15N5O. The molecule has 1 aliphatic rings. The molecule has 0 aliphatic heterocycles. The summed E-state index contributed by atoms with van der Waals surface area (Å²) in [6, 6.07) is 7.75. The predicted octanol–water partition coefficient (Wildman–Crippen LogP) is 0.151. The molecule has 0 saturated carbocycles. The summed E-state index contributed by atoms with van der Waals surface area (Å²) in [5.41, 5.74) is 8.39. The highest BCUT2D eigenvalue weighted by Crippen LogP contribution is 2.17. The molecule has 6 heteroatoms. The van der Waals surface area contributed by atoms with Crippen molar-refractivity contribution in [2.24, 2.45) is 7.05 Å². The maximum Gasteiger partial charge on any atom is 0.333 e. The van der Waals surface area contributed by atoms with Crippen LogP contribution in [0.3, 0.4) is 0 Å². The highest BCUT2D eigenvalue weighted by molar-refractivity contribution is 5.87. The van der Waals surface area contributed by atoms with Crippen LogP contribution >= 0.6 is 0 Å². The van der Waals surface area contributed by atoms with Gasteiger partial charge in [-0.1, -0.05) is 24.3 Å². The Bertz CT molecular complexity index is 1090. The zero-order valence-corrected chi connectivity index (χ0v) is 12.1. The number of hydrogen-bond acceptors (Lipinski definition) is 3. The number of anilines is 1. The number of nitrogens with two attached hydrogens (primary N) is 1. The topological polar surface area (TPSA) is 81.6 Å². The normalized spacial score (nSPS) is 14.0. The molecule has 0 unspecified atom stereocenters. The van der Waals surface area contributed by atoms with E-state index in [2.05, 4.69) is 10.2 Å². The molecule has 0 amide bonds. The molecule has 3 N–H and O–H groups in total. The zero-order valence-electron chi connectivity index (χ0n) is 12.1. The Labute approximate surface area is 125 Å². The van der Waals surface area contributed by atoms with Gasteiger partial charge in [0.15, 0.2) is 5.82 Å². The zero-order chi connectivity index (χ0) is 15.3. The van der Waals surface area contributed by atoms with Gasteiger partial charge in [-0.05, 0) is 24.6 Å². The summed E-state index contributed by atoms with van der Waals surface area (Å²) in [5.74, 6) is 0.478. The van der Waals surface area contributed by atoms with Crippen LogP contribution in [-0.2, 0) is 7.05 Å². The van der Waals surface area contributed by atoms with Crippen molar-refractivity contribution >= 4 is 34.7 Å². The molecule has 0 saturated heterocycles. The van der Waals surface area contributed by atoms with Crippen LogP contribution in [0.2, 0.25) is 0 Å². The van der Waals surface area contributed by atoms with E-state index in [0.29, 0.717) is 12.2 Å². The summed E-state index contributed by atoms with van der Waals surface area (Å²) in [5, 5.41) is 8.65. The molecule has 4 rings (SSSR count). The van der Waals surface area contributed by atoms with Gasteiger partial charge in [-0.15, -0.1) is 0 Å². The van der Waals surface area contributed by atoms with Crippen LogP contribution in [-0.4, -0.2) is 19.3 Å². The minimum atomic E-state index is -0.0698. The van der Waals surface area contributed by atoms with Gasteiger partial charge in [-0.3, -0.25) is 14.2 Å².